The highest BCUT2D eigenvalue weighted by molar-refractivity contribution is 6.49. The van der Waals surface area contributed by atoms with Crippen molar-refractivity contribution in [2.75, 3.05) is 0 Å². The van der Waals surface area contributed by atoms with Gasteiger partial charge in [0.25, 0.3) is 0 Å². The molecular weight excluding hydrogens is 258 g/mol. The van der Waals surface area contributed by atoms with Gasteiger partial charge in [0, 0.05) is 0 Å². The normalized spacial score (nSPS) is 14.2. The lowest BCUT2D eigenvalue weighted by Crippen LogP contribution is -2.03. The summed E-state index contributed by atoms with van der Waals surface area (Å²) in [4.78, 5) is 20.5. The van der Waals surface area contributed by atoms with E-state index in [0.29, 0.717) is 0 Å². The number of aliphatic hydroxyl groups excluding tert-OH is 1. The summed E-state index contributed by atoms with van der Waals surface area (Å²) >= 11 is 15.4. The van der Waals surface area contributed by atoms with E-state index in [4.69, 9.17) is 50.1 Å². The zero-order chi connectivity index (χ0) is 11.5. The molecule has 0 fully saturated rings. The minimum atomic E-state index is -1.66. The SMILES string of the molecule is O=C(O)/C(Cl)=C(O)/C(Cl)=C(\Cl)C(=O)O. The Morgan fingerprint density at radius 3 is 1.36 bits per heavy atom. The van der Waals surface area contributed by atoms with Crippen LogP contribution in [0, 0.1) is 0 Å². The van der Waals surface area contributed by atoms with Gasteiger partial charge in [0.05, 0.1) is 0 Å². The Morgan fingerprint density at radius 2 is 1.07 bits per heavy atom. The first-order valence-electron chi connectivity index (χ1n) is 2.90. The fourth-order valence-corrected chi connectivity index (χ4v) is 0.803. The standard InChI is InChI=1S/C6H3Cl3O5/c7-1(2(8)5(11)12)4(10)3(9)6(13)14/h10H,(H,11,12)(H,13,14)/b2-1+,4-3+. The molecule has 78 valence electrons. The van der Waals surface area contributed by atoms with Crippen LogP contribution in [0.3, 0.4) is 0 Å². The van der Waals surface area contributed by atoms with Crippen molar-refractivity contribution in [2.24, 2.45) is 0 Å². The molecule has 0 aromatic carbocycles. The molecule has 14 heavy (non-hydrogen) atoms. The fourth-order valence-electron chi connectivity index (χ4n) is 0.395. The van der Waals surface area contributed by atoms with Crippen LogP contribution in [0.4, 0.5) is 0 Å². The fraction of sp³-hybridized carbons (Fsp3) is 0. The monoisotopic (exact) mass is 260 g/mol. The Labute approximate surface area is 92.8 Å². The van der Waals surface area contributed by atoms with Crippen LogP contribution in [0.25, 0.3) is 0 Å². The summed E-state index contributed by atoms with van der Waals surface area (Å²) in [5.74, 6) is -4.37. The Balaban J connectivity index is 5.35. The maximum Gasteiger partial charge on any atom is 0.351 e. The first kappa shape index (κ1) is 13.1. The van der Waals surface area contributed by atoms with Crippen LogP contribution in [-0.2, 0) is 9.59 Å². The Bertz CT molecular complexity index is 309. The quantitative estimate of drug-likeness (QED) is 0.409. The van der Waals surface area contributed by atoms with E-state index in [9.17, 15) is 9.59 Å². The third-order valence-electron chi connectivity index (χ3n) is 0.984. The van der Waals surface area contributed by atoms with Crippen molar-refractivity contribution in [3.63, 3.8) is 0 Å². The largest absolute Gasteiger partial charge is 0.505 e. The molecule has 5 nitrogen and oxygen atoms in total. The number of hydrogen-bond donors (Lipinski definition) is 3. The minimum absolute atomic E-state index is 0.841. The molecule has 8 heteroatoms. The van der Waals surface area contributed by atoms with Crippen molar-refractivity contribution >= 4 is 46.7 Å². The summed E-state index contributed by atoms with van der Waals surface area (Å²) in [6, 6.07) is 0. The summed E-state index contributed by atoms with van der Waals surface area (Å²) in [7, 11) is 0. The van der Waals surface area contributed by atoms with Gasteiger partial charge in [0.2, 0.25) is 0 Å². The summed E-state index contributed by atoms with van der Waals surface area (Å²) < 4.78 is 0. The molecule has 0 unspecified atom stereocenters. The number of carboxylic acid groups (broad SMARTS) is 2. The average molecular weight is 261 g/mol. The van der Waals surface area contributed by atoms with Crippen LogP contribution in [0.2, 0.25) is 0 Å². The number of aliphatic carboxylic acids is 2. The maximum atomic E-state index is 10.2. The molecule has 0 aliphatic carbocycles. The van der Waals surface area contributed by atoms with Gasteiger partial charge in [-0.1, -0.05) is 34.8 Å². The van der Waals surface area contributed by atoms with Gasteiger partial charge in [-0.2, -0.15) is 0 Å². The van der Waals surface area contributed by atoms with Crippen molar-refractivity contribution in [2.45, 2.75) is 0 Å². The Morgan fingerprint density at radius 1 is 0.714 bits per heavy atom. The smallest absolute Gasteiger partial charge is 0.351 e. The van der Waals surface area contributed by atoms with E-state index < -0.39 is 32.8 Å². The number of carbonyl (C=O) groups is 2. The molecule has 0 atom stereocenters. The lowest BCUT2D eigenvalue weighted by atomic mass is 10.3. The van der Waals surface area contributed by atoms with Crippen LogP contribution in [0.15, 0.2) is 20.9 Å². The molecule has 0 heterocycles. The van der Waals surface area contributed by atoms with Crippen LogP contribution < -0.4 is 0 Å². The molecule has 3 N–H and O–H groups in total. The van der Waals surface area contributed by atoms with E-state index >= 15 is 0 Å². The van der Waals surface area contributed by atoms with E-state index in [1.54, 1.807) is 0 Å². The molecule has 0 aliphatic rings. The van der Waals surface area contributed by atoms with E-state index in [2.05, 4.69) is 0 Å². The number of hydrogen-bond acceptors (Lipinski definition) is 3. The van der Waals surface area contributed by atoms with Gasteiger partial charge in [-0.3, -0.25) is 0 Å². The molecule has 0 aliphatic heterocycles. The Hall–Kier alpha value is -0.910. The van der Waals surface area contributed by atoms with E-state index in [1.807, 2.05) is 0 Å². The third kappa shape index (κ3) is 3.10. The molecule has 0 spiro atoms. The van der Waals surface area contributed by atoms with Gasteiger partial charge in [0.15, 0.2) is 10.8 Å². The molecule has 0 aromatic rings. The van der Waals surface area contributed by atoms with Crippen LogP contribution >= 0.6 is 34.8 Å². The number of halogens is 3. The molecule has 0 saturated carbocycles. The van der Waals surface area contributed by atoms with Gasteiger partial charge in [-0.15, -0.1) is 0 Å². The first-order chi connectivity index (χ1) is 6.29. The number of rotatable bonds is 3. The van der Waals surface area contributed by atoms with Gasteiger partial charge in [-0.25, -0.2) is 9.59 Å². The number of aliphatic hydroxyl groups is 1. The van der Waals surface area contributed by atoms with Crippen LogP contribution in [0.5, 0.6) is 0 Å². The van der Waals surface area contributed by atoms with Crippen molar-refractivity contribution in [3.05, 3.63) is 20.9 Å². The van der Waals surface area contributed by atoms with Crippen LogP contribution in [0.1, 0.15) is 0 Å². The zero-order valence-electron chi connectivity index (χ0n) is 6.29. The molecule has 0 saturated heterocycles. The summed E-state index contributed by atoms with van der Waals surface area (Å²) in [6.07, 6.45) is 0. The number of carboxylic acids is 2. The van der Waals surface area contributed by atoms with E-state index in [0.717, 1.165) is 0 Å². The molecule has 0 radical (unpaired) electrons. The second-order valence-corrected chi connectivity index (χ2v) is 3.03. The molecule has 0 bridgehead atoms. The average Bonchev–Trinajstić information content (AvgIpc) is 2.12. The third-order valence-corrected chi connectivity index (χ3v) is 2.14. The predicted molar refractivity (Wildman–Crippen MR) is 49.5 cm³/mol. The predicted octanol–water partition coefficient (Wildman–Crippen LogP) is 1.85. The molecule has 0 rings (SSSR count). The van der Waals surface area contributed by atoms with Crippen molar-refractivity contribution in [1.29, 1.82) is 0 Å². The van der Waals surface area contributed by atoms with Crippen molar-refractivity contribution in [3.8, 4) is 0 Å². The second-order valence-electron chi connectivity index (χ2n) is 1.90. The highest BCUT2D eigenvalue weighted by atomic mass is 35.5. The number of allylic oxidation sites excluding steroid dienone is 1. The topological polar surface area (TPSA) is 94.8 Å². The molecule has 0 aromatic heterocycles. The van der Waals surface area contributed by atoms with Gasteiger partial charge < -0.3 is 15.3 Å². The van der Waals surface area contributed by atoms with Crippen LogP contribution in [-0.4, -0.2) is 27.3 Å². The zero-order valence-corrected chi connectivity index (χ0v) is 8.56. The van der Waals surface area contributed by atoms with Crippen molar-refractivity contribution in [1.82, 2.24) is 0 Å². The van der Waals surface area contributed by atoms with E-state index in [1.165, 1.54) is 0 Å². The Kier molecular flexibility index (Phi) is 4.76. The summed E-state index contributed by atoms with van der Waals surface area (Å²) in [5, 5.41) is 22.8. The van der Waals surface area contributed by atoms with E-state index in [-0.39, 0.29) is 0 Å². The first-order valence-corrected chi connectivity index (χ1v) is 4.03. The summed E-state index contributed by atoms with van der Waals surface area (Å²) in [5.41, 5.74) is 0. The maximum absolute atomic E-state index is 10.2. The second kappa shape index (κ2) is 5.09. The van der Waals surface area contributed by atoms with Gasteiger partial charge in [0.1, 0.15) is 10.1 Å². The summed E-state index contributed by atoms with van der Waals surface area (Å²) in [6.45, 7) is 0. The van der Waals surface area contributed by atoms with Gasteiger partial charge >= 0.3 is 11.9 Å². The lowest BCUT2D eigenvalue weighted by molar-refractivity contribution is -0.133. The molecule has 0 amide bonds. The van der Waals surface area contributed by atoms with Crippen molar-refractivity contribution < 1.29 is 24.9 Å². The highest BCUT2D eigenvalue weighted by Gasteiger charge is 2.19. The highest BCUT2D eigenvalue weighted by Crippen LogP contribution is 2.24. The molecular formula is C6H3Cl3O5. The minimum Gasteiger partial charge on any atom is -0.505 e. The lowest BCUT2D eigenvalue weighted by Gasteiger charge is -2.00. The van der Waals surface area contributed by atoms with Gasteiger partial charge in [-0.05, 0) is 0 Å².